The van der Waals surface area contributed by atoms with Crippen LogP contribution in [-0.2, 0) is 0 Å². The Bertz CT molecular complexity index is 490. The standard InChI is InChI=1S/C10H7ClN2O/c11-8-1-2-9(13-6-8)7-3-4-12-10(14)5-7/h1-6H,(H,12,14). The summed E-state index contributed by atoms with van der Waals surface area (Å²) in [7, 11) is 0. The maximum atomic E-state index is 11.0. The Labute approximate surface area is 85.4 Å². The highest BCUT2D eigenvalue weighted by Crippen LogP contribution is 2.15. The molecule has 0 amide bonds. The lowest BCUT2D eigenvalue weighted by Crippen LogP contribution is -2.02. The Balaban J connectivity index is 2.50. The van der Waals surface area contributed by atoms with Gasteiger partial charge in [0, 0.05) is 24.0 Å². The van der Waals surface area contributed by atoms with Crippen molar-refractivity contribution in [3.63, 3.8) is 0 Å². The Morgan fingerprint density at radius 1 is 1.29 bits per heavy atom. The van der Waals surface area contributed by atoms with Crippen LogP contribution in [0, 0.1) is 0 Å². The van der Waals surface area contributed by atoms with Crippen LogP contribution in [0.5, 0.6) is 0 Å². The van der Waals surface area contributed by atoms with E-state index in [9.17, 15) is 4.79 Å². The third kappa shape index (κ3) is 1.83. The van der Waals surface area contributed by atoms with Gasteiger partial charge >= 0.3 is 0 Å². The number of aromatic amines is 1. The summed E-state index contributed by atoms with van der Waals surface area (Å²) in [5, 5.41) is 0.582. The van der Waals surface area contributed by atoms with Crippen LogP contribution >= 0.6 is 11.6 Å². The van der Waals surface area contributed by atoms with Gasteiger partial charge in [0.25, 0.3) is 0 Å². The van der Waals surface area contributed by atoms with Crippen molar-refractivity contribution in [2.45, 2.75) is 0 Å². The molecule has 0 atom stereocenters. The van der Waals surface area contributed by atoms with Crippen LogP contribution in [0.2, 0.25) is 5.02 Å². The van der Waals surface area contributed by atoms with Crippen molar-refractivity contribution in [3.05, 3.63) is 52.0 Å². The first-order valence-corrected chi connectivity index (χ1v) is 4.44. The molecule has 3 nitrogen and oxygen atoms in total. The van der Waals surface area contributed by atoms with Crippen molar-refractivity contribution in [1.82, 2.24) is 9.97 Å². The number of aromatic nitrogens is 2. The van der Waals surface area contributed by atoms with Gasteiger partial charge in [-0.3, -0.25) is 9.78 Å². The van der Waals surface area contributed by atoms with Crippen LogP contribution in [-0.4, -0.2) is 9.97 Å². The summed E-state index contributed by atoms with van der Waals surface area (Å²) in [5.41, 5.74) is 1.38. The lowest BCUT2D eigenvalue weighted by Gasteiger charge is -1.98. The Morgan fingerprint density at radius 2 is 2.14 bits per heavy atom. The Morgan fingerprint density at radius 3 is 2.79 bits per heavy atom. The van der Waals surface area contributed by atoms with E-state index in [-0.39, 0.29) is 5.56 Å². The van der Waals surface area contributed by atoms with E-state index in [0.717, 1.165) is 11.3 Å². The minimum atomic E-state index is -0.140. The molecule has 0 spiro atoms. The molecule has 70 valence electrons. The molecule has 4 heteroatoms. The van der Waals surface area contributed by atoms with Gasteiger partial charge in [-0.2, -0.15) is 0 Å². The summed E-state index contributed by atoms with van der Waals surface area (Å²) >= 11 is 5.70. The maximum Gasteiger partial charge on any atom is 0.248 e. The van der Waals surface area contributed by atoms with E-state index in [0.29, 0.717) is 5.02 Å². The number of pyridine rings is 2. The van der Waals surface area contributed by atoms with Gasteiger partial charge in [-0.25, -0.2) is 0 Å². The van der Waals surface area contributed by atoms with Gasteiger partial charge in [0.15, 0.2) is 0 Å². The Hall–Kier alpha value is -1.61. The topological polar surface area (TPSA) is 45.8 Å². The van der Waals surface area contributed by atoms with Gasteiger partial charge < -0.3 is 4.98 Å². The van der Waals surface area contributed by atoms with Crippen LogP contribution < -0.4 is 5.56 Å². The lowest BCUT2D eigenvalue weighted by atomic mass is 10.2. The fourth-order valence-electron chi connectivity index (χ4n) is 1.15. The number of nitrogens with zero attached hydrogens (tertiary/aromatic N) is 1. The van der Waals surface area contributed by atoms with E-state index in [1.54, 1.807) is 30.6 Å². The molecule has 0 radical (unpaired) electrons. The molecule has 0 aliphatic rings. The highest BCUT2D eigenvalue weighted by atomic mass is 35.5. The molecule has 0 aliphatic carbocycles. The second kappa shape index (κ2) is 3.64. The molecule has 0 fully saturated rings. The van der Waals surface area contributed by atoms with Gasteiger partial charge in [0.2, 0.25) is 5.56 Å². The van der Waals surface area contributed by atoms with Crippen molar-refractivity contribution in [1.29, 1.82) is 0 Å². The lowest BCUT2D eigenvalue weighted by molar-refractivity contribution is 1.23. The van der Waals surface area contributed by atoms with Crippen molar-refractivity contribution in [2.24, 2.45) is 0 Å². The fourth-order valence-corrected chi connectivity index (χ4v) is 1.26. The molecule has 2 heterocycles. The normalized spacial score (nSPS) is 10.1. The summed E-state index contributed by atoms with van der Waals surface area (Å²) in [6.07, 6.45) is 3.14. The van der Waals surface area contributed by atoms with Crippen molar-refractivity contribution in [3.8, 4) is 11.3 Å². The van der Waals surface area contributed by atoms with Crippen LogP contribution in [0.1, 0.15) is 0 Å². The molecule has 0 unspecified atom stereocenters. The number of H-pyrrole nitrogens is 1. The van der Waals surface area contributed by atoms with Gasteiger partial charge in [-0.15, -0.1) is 0 Å². The number of halogens is 1. The quantitative estimate of drug-likeness (QED) is 0.777. The summed E-state index contributed by atoms with van der Waals surface area (Å²) in [6, 6.07) is 6.80. The minimum absolute atomic E-state index is 0.140. The van der Waals surface area contributed by atoms with Crippen LogP contribution in [0.3, 0.4) is 0 Å². The Kier molecular flexibility index (Phi) is 2.33. The highest BCUT2D eigenvalue weighted by molar-refractivity contribution is 6.30. The SMILES string of the molecule is O=c1cc(-c2ccc(Cl)cn2)cc[nH]1. The molecule has 1 N–H and O–H groups in total. The summed E-state index contributed by atoms with van der Waals surface area (Å²) in [6.45, 7) is 0. The first-order valence-electron chi connectivity index (χ1n) is 4.06. The van der Waals surface area contributed by atoms with Crippen LogP contribution in [0.4, 0.5) is 0 Å². The van der Waals surface area contributed by atoms with Crippen molar-refractivity contribution in [2.75, 3.05) is 0 Å². The third-order valence-corrected chi connectivity index (χ3v) is 2.02. The first-order chi connectivity index (χ1) is 6.75. The van der Waals surface area contributed by atoms with Gasteiger partial charge in [-0.1, -0.05) is 11.6 Å². The van der Waals surface area contributed by atoms with E-state index < -0.39 is 0 Å². The maximum absolute atomic E-state index is 11.0. The third-order valence-electron chi connectivity index (χ3n) is 1.80. The molecule has 2 rings (SSSR count). The molecule has 0 saturated heterocycles. The van der Waals surface area contributed by atoms with E-state index in [2.05, 4.69) is 9.97 Å². The molecule has 0 aromatic carbocycles. The molecule has 0 saturated carbocycles. The number of hydrogen-bond acceptors (Lipinski definition) is 2. The van der Waals surface area contributed by atoms with Crippen LogP contribution in [0.25, 0.3) is 11.3 Å². The van der Waals surface area contributed by atoms with E-state index in [1.165, 1.54) is 6.07 Å². The largest absolute Gasteiger partial charge is 0.329 e. The average molecular weight is 207 g/mol. The zero-order valence-electron chi connectivity index (χ0n) is 7.20. The summed E-state index contributed by atoms with van der Waals surface area (Å²) in [4.78, 5) is 17.7. The van der Waals surface area contributed by atoms with Crippen molar-refractivity contribution < 1.29 is 0 Å². The molecule has 2 aromatic heterocycles. The predicted octanol–water partition coefficient (Wildman–Crippen LogP) is 2.09. The zero-order chi connectivity index (χ0) is 9.97. The van der Waals surface area contributed by atoms with Gasteiger partial charge in [0.1, 0.15) is 0 Å². The molecule has 0 aliphatic heterocycles. The molecule has 14 heavy (non-hydrogen) atoms. The second-order valence-electron chi connectivity index (χ2n) is 2.80. The predicted molar refractivity (Wildman–Crippen MR) is 55.3 cm³/mol. The smallest absolute Gasteiger partial charge is 0.248 e. The monoisotopic (exact) mass is 206 g/mol. The zero-order valence-corrected chi connectivity index (χ0v) is 7.95. The number of nitrogens with one attached hydrogen (secondary N) is 1. The highest BCUT2D eigenvalue weighted by Gasteiger charge is 1.98. The minimum Gasteiger partial charge on any atom is -0.329 e. The number of hydrogen-bond donors (Lipinski definition) is 1. The van der Waals surface area contributed by atoms with Gasteiger partial charge in [0.05, 0.1) is 10.7 Å². The van der Waals surface area contributed by atoms with Gasteiger partial charge in [-0.05, 0) is 18.2 Å². The molecule has 0 bridgehead atoms. The molecular weight excluding hydrogens is 200 g/mol. The van der Waals surface area contributed by atoms with E-state index in [4.69, 9.17) is 11.6 Å². The second-order valence-corrected chi connectivity index (χ2v) is 3.24. The van der Waals surface area contributed by atoms with Crippen LogP contribution in [0.15, 0.2) is 41.5 Å². The molecule has 2 aromatic rings. The van der Waals surface area contributed by atoms with Crippen molar-refractivity contribution >= 4 is 11.6 Å². The average Bonchev–Trinajstić information content (AvgIpc) is 2.19. The fraction of sp³-hybridized carbons (Fsp3) is 0. The van der Waals surface area contributed by atoms with E-state index >= 15 is 0 Å². The van der Waals surface area contributed by atoms with E-state index in [1.807, 2.05) is 0 Å². The summed E-state index contributed by atoms with van der Waals surface area (Å²) < 4.78 is 0. The summed E-state index contributed by atoms with van der Waals surface area (Å²) in [5.74, 6) is 0. The molecular formula is C10H7ClN2O. The first kappa shape index (κ1) is 8.97. The number of rotatable bonds is 1.